The molecule has 4 rings (SSSR count). The van der Waals surface area contributed by atoms with E-state index in [4.69, 9.17) is 0 Å². The van der Waals surface area contributed by atoms with E-state index in [2.05, 4.69) is 59.7 Å². The van der Waals surface area contributed by atoms with Gasteiger partial charge in [0.1, 0.15) is 18.8 Å². The van der Waals surface area contributed by atoms with Gasteiger partial charge >= 0.3 is 0 Å². The molecule has 1 aromatic rings. The molecule has 3 nitrogen and oxygen atoms in total. The minimum atomic E-state index is 0.408. The van der Waals surface area contributed by atoms with Gasteiger partial charge in [0.2, 0.25) is 0 Å². The van der Waals surface area contributed by atoms with E-state index in [0.29, 0.717) is 5.41 Å². The minimum Gasteiger partial charge on any atom is -0.360 e. The predicted octanol–water partition coefficient (Wildman–Crippen LogP) is 2.34. The molecule has 3 aliphatic rings. The Morgan fingerprint density at radius 1 is 0.960 bits per heavy atom. The molecule has 0 bridgehead atoms. The number of nitrogens with zero attached hydrogens (tertiary/aromatic N) is 2. The first kappa shape index (κ1) is 16.8. The van der Waals surface area contributed by atoms with Gasteiger partial charge in [0, 0.05) is 31.4 Å². The molecule has 134 valence electrons. The fourth-order valence-electron chi connectivity index (χ4n) is 4.80. The van der Waals surface area contributed by atoms with E-state index in [-0.39, 0.29) is 0 Å². The SMILES string of the molecule is CC1(C)CC([NH+]2CCN(c3ccccc3)CC2)=CC(=[N+]2CCCC2)C1. The molecular formula is C22H33N3+2. The van der Waals surface area contributed by atoms with Crippen molar-refractivity contribution in [3.63, 3.8) is 0 Å². The number of nitrogens with one attached hydrogen (secondary N) is 1. The van der Waals surface area contributed by atoms with Crippen molar-refractivity contribution in [2.45, 2.75) is 39.5 Å². The lowest BCUT2D eigenvalue weighted by Gasteiger charge is -2.37. The van der Waals surface area contributed by atoms with Crippen LogP contribution in [0.1, 0.15) is 39.5 Å². The monoisotopic (exact) mass is 339 g/mol. The van der Waals surface area contributed by atoms with Crippen molar-refractivity contribution < 1.29 is 9.48 Å². The van der Waals surface area contributed by atoms with Gasteiger partial charge in [-0.3, -0.25) is 0 Å². The van der Waals surface area contributed by atoms with Crippen LogP contribution in [0, 0.1) is 5.41 Å². The number of para-hydroxylation sites is 1. The van der Waals surface area contributed by atoms with Crippen molar-refractivity contribution in [1.82, 2.24) is 0 Å². The molecule has 2 fully saturated rings. The van der Waals surface area contributed by atoms with Crippen molar-refractivity contribution in [2.75, 3.05) is 44.2 Å². The topological polar surface area (TPSA) is 10.7 Å². The molecule has 1 N–H and O–H groups in total. The van der Waals surface area contributed by atoms with Gasteiger partial charge in [0.25, 0.3) is 0 Å². The highest BCUT2D eigenvalue weighted by molar-refractivity contribution is 5.92. The van der Waals surface area contributed by atoms with Gasteiger partial charge in [-0.1, -0.05) is 32.0 Å². The van der Waals surface area contributed by atoms with Crippen molar-refractivity contribution in [3.8, 4) is 0 Å². The number of quaternary nitrogens is 1. The van der Waals surface area contributed by atoms with Gasteiger partial charge in [-0.25, -0.2) is 4.58 Å². The second-order valence-electron chi connectivity index (χ2n) is 8.80. The quantitative estimate of drug-likeness (QED) is 0.815. The molecule has 0 atom stereocenters. The Bertz CT molecular complexity index is 656. The summed E-state index contributed by atoms with van der Waals surface area (Å²) in [7, 11) is 0. The molecule has 3 heteroatoms. The summed E-state index contributed by atoms with van der Waals surface area (Å²) in [5.74, 6) is 0. The Hall–Kier alpha value is -1.61. The summed E-state index contributed by atoms with van der Waals surface area (Å²) in [5.41, 5.74) is 5.06. The highest BCUT2D eigenvalue weighted by atomic mass is 15.3. The summed E-state index contributed by atoms with van der Waals surface area (Å²) in [6.07, 6.45) is 7.82. The zero-order chi connectivity index (χ0) is 17.3. The van der Waals surface area contributed by atoms with Crippen molar-refractivity contribution in [1.29, 1.82) is 0 Å². The molecule has 0 aromatic heterocycles. The Balaban J connectivity index is 1.49. The van der Waals surface area contributed by atoms with E-state index >= 15 is 0 Å². The van der Waals surface area contributed by atoms with Crippen molar-refractivity contribution in [2.24, 2.45) is 5.41 Å². The fourth-order valence-corrected chi connectivity index (χ4v) is 4.80. The Kier molecular flexibility index (Phi) is 4.68. The lowest BCUT2D eigenvalue weighted by atomic mass is 9.78. The average Bonchev–Trinajstić information content (AvgIpc) is 3.16. The van der Waals surface area contributed by atoms with Crippen LogP contribution in [0.3, 0.4) is 0 Å². The van der Waals surface area contributed by atoms with Gasteiger partial charge < -0.3 is 9.80 Å². The lowest BCUT2D eigenvalue weighted by Crippen LogP contribution is -3.13. The highest BCUT2D eigenvalue weighted by Gasteiger charge is 2.36. The Labute approximate surface area is 152 Å². The van der Waals surface area contributed by atoms with Crippen LogP contribution in [-0.2, 0) is 0 Å². The van der Waals surface area contributed by atoms with E-state index in [1.807, 2.05) is 0 Å². The smallest absolute Gasteiger partial charge is 0.182 e. The standard InChI is InChI=1S/C22H32N3/c1-22(2)17-20(23-10-6-7-11-23)16-21(18-22)25-14-12-24(13-15-25)19-8-4-3-5-9-19/h3-5,8-9,16H,6-7,10-15,17-18H2,1-2H3/q+1/p+1. The molecule has 1 aliphatic carbocycles. The van der Waals surface area contributed by atoms with E-state index in [1.165, 1.54) is 57.5 Å². The third-order valence-corrected chi connectivity index (χ3v) is 6.12. The zero-order valence-electron chi connectivity index (χ0n) is 15.9. The van der Waals surface area contributed by atoms with Crippen molar-refractivity contribution >= 4 is 11.4 Å². The maximum atomic E-state index is 2.65. The van der Waals surface area contributed by atoms with Gasteiger partial charge in [-0.2, -0.15) is 0 Å². The lowest BCUT2D eigenvalue weighted by molar-refractivity contribution is -0.863. The van der Waals surface area contributed by atoms with Crippen molar-refractivity contribution in [3.05, 3.63) is 42.1 Å². The summed E-state index contributed by atoms with van der Waals surface area (Å²) in [6, 6.07) is 10.9. The molecule has 2 aliphatic heterocycles. The first-order valence-electron chi connectivity index (χ1n) is 10.1. The van der Waals surface area contributed by atoms with Crippen LogP contribution in [0.4, 0.5) is 5.69 Å². The first-order chi connectivity index (χ1) is 12.1. The number of allylic oxidation sites excluding steroid dienone is 2. The molecule has 0 spiro atoms. The normalized spacial score (nSPS) is 24.6. The molecule has 0 amide bonds. The van der Waals surface area contributed by atoms with Crippen LogP contribution in [0.25, 0.3) is 0 Å². The molecule has 0 radical (unpaired) electrons. The van der Waals surface area contributed by atoms with Crippen LogP contribution < -0.4 is 9.80 Å². The number of hydrogen-bond acceptors (Lipinski definition) is 1. The van der Waals surface area contributed by atoms with Gasteiger partial charge in [-0.15, -0.1) is 0 Å². The second-order valence-corrected chi connectivity index (χ2v) is 8.80. The zero-order valence-corrected chi connectivity index (χ0v) is 15.9. The van der Waals surface area contributed by atoms with Crippen LogP contribution in [0.15, 0.2) is 42.1 Å². The summed E-state index contributed by atoms with van der Waals surface area (Å²) >= 11 is 0. The fraction of sp³-hybridized carbons (Fsp3) is 0.591. The predicted molar refractivity (Wildman–Crippen MR) is 105 cm³/mol. The van der Waals surface area contributed by atoms with Crippen LogP contribution in [-0.4, -0.2) is 49.6 Å². The number of rotatable bonds is 2. The number of hydrogen-bond donors (Lipinski definition) is 1. The Morgan fingerprint density at radius 2 is 1.64 bits per heavy atom. The molecule has 2 heterocycles. The molecular weight excluding hydrogens is 306 g/mol. The Morgan fingerprint density at radius 3 is 2.32 bits per heavy atom. The van der Waals surface area contributed by atoms with Gasteiger partial charge in [0.05, 0.1) is 32.3 Å². The molecule has 0 unspecified atom stereocenters. The summed E-state index contributed by atoms with van der Waals surface area (Å²) in [4.78, 5) is 4.26. The largest absolute Gasteiger partial charge is 0.360 e. The van der Waals surface area contributed by atoms with Gasteiger partial charge in [-0.05, 0) is 17.5 Å². The maximum Gasteiger partial charge on any atom is 0.182 e. The van der Waals surface area contributed by atoms with Crippen LogP contribution in [0.5, 0.6) is 0 Å². The second kappa shape index (κ2) is 6.95. The average molecular weight is 340 g/mol. The third-order valence-electron chi connectivity index (χ3n) is 6.12. The van der Waals surface area contributed by atoms with E-state index in [1.54, 1.807) is 16.3 Å². The van der Waals surface area contributed by atoms with E-state index in [0.717, 1.165) is 13.1 Å². The van der Waals surface area contributed by atoms with E-state index in [9.17, 15) is 0 Å². The summed E-state index contributed by atoms with van der Waals surface area (Å²) in [6.45, 7) is 12.2. The minimum absolute atomic E-state index is 0.408. The number of benzene rings is 1. The number of piperazine rings is 1. The van der Waals surface area contributed by atoms with Crippen LogP contribution >= 0.6 is 0 Å². The first-order valence-corrected chi connectivity index (χ1v) is 10.1. The molecule has 2 saturated heterocycles. The molecule has 25 heavy (non-hydrogen) atoms. The highest BCUT2D eigenvalue weighted by Crippen LogP contribution is 2.32. The maximum absolute atomic E-state index is 2.65. The third kappa shape index (κ3) is 3.82. The molecule has 1 aromatic carbocycles. The molecule has 0 saturated carbocycles. The summed E-state index contributed by atoms with van der Waals surface area (Å²) < 4.78 is 2.65. The van der Waals surface area contributed by atoms with Gasteiger partial charge in [0.15, 0.2) is 5.71 Å². The number of anilines is 1. The van der Waals surface area contributed by atoms with Crippen LogP contribution in [0.2, 0.25) is 0 Å². The summed E-state index contributed by atoms with van der Waals surface area (Å²) in [5, 5.41) is 0. The van der Waals surface area contributed by atoms with E-state index < -0.39 is 0 Å².